The Bertz CT molecular complexity index is 1360. The van der Waals surface area contributed by atoms with Gasteiger partial charge in [0.15, 0.2) is 5.76 Å². The first kappa shape index (κ1) is 21.5. The SMILES string of the molecule is C=CCNS(=O)(=O)Cc1ccc(NC(=O)c2ccc3noc(-c4ccccc4)c3c2)cc1. The van der Waals surface area contributed by atoms with E-state index in [1.807, 2.05) is 30.3 Å². The second-order valence-electron chi connectivity index (χ2n) is 7.16. The maximum atomic E-state index is 12.8. The molecule has 1 aromatic heterocycles. The Kier molecular flexibility index (Phi) is 6.16. The van der Waals surface area contributed by atoms with Crippen LogP contribution in [0.15, 0.2) is 90.0 Å². The number of benzene rings is 3. The van der Waals surface area contributed by atoms with Crippen molar-refractivity contribution in [3.63, 3.8) is 0 Å². The number of anilines is 1. The summed E-state index contributed by atoms with van der Waals surface area (Å²) in [6, 6.07) is 21.4. The van der Waals surface area contributed by atoms with Gasteiger partial charge in [-0.25, -0.2) is 13.1 Å². The molecular weight excluding hydrogens is 426 g/mol. The van der Waals surface area contributed by atoms with Gasteiger partial charge in [-0.15, -0.1) is 6.58 Å². The molecule has 1 amide bonds. The van der Waals surface area contributed by atoms with Gasteiger partial charge in [0.1, 0.15) is 5.52 Å². The molecule has 0 aliphatic carbocycles. The zero-order valence-corrected chi connectivity index (χ0v) is 17.9. The number of rotatable bonds is 8. The van der Waals surface area contributed by atoms with Crippen LogP contribution in [0.5, 0.6) is 0 Å². The zero-order valence-electron chi connectivity index (χ0n) is 17.1. The Labute approximate surface area is 185 Å². The molecule has 0 bridgehead atoms. The second-order valence-corrected chi connectivity index (χ2v) is 8.96. The van der Waals surface area contributed by atoms with Crippen LogP contribution >= 0.6 is 0 Å². The van der Waals surface area contributed by atoms with Gasteiger partial charge in [-0.05, 0) is 35.9 Å². The number of aromatic nitrogens is 1. The molecule has 4 aromatic rings. The summed E-state index contributed by atoms with van der Waals surface area (Å²) in [6.07, 6.45) is 1.48. The summed E-state index contributed by atoms with van der Waals surface area (Å²) in [6.45, 7) is 3.67. The van der Waals surface area contributed by atoms with Crippen LogP contribution in [0.4, 0.5) is 5.69 Å². The van der Waals surface area contributed by atoms with Crippen molar-refractivity contribution < 1.29 is 17.7 Å². The van der Waals surface area contributed by atoms with Crippen LogP contribution in [0.2, 0.25) is 0 Å². The summed E-state index contributed by atoms with van der Waals surface area (Å²) in [7, 11) is -3.44. The van der Waals surface area contributed by atoms with Crippen LogP contribution in [0.25, 0.3) is 22.2 Å². The van der Waals surface area contributed by atoms with Gasteiger partial charge in [0.2, 0.25) is 10.0 Å². The fourth-order valence-electron chi connectivity index (χ4n) is 3.22. The topological polar surface area (TPSA) is 101 Å². The number of carbonyl (C=O) groups excluding carboxylic acids is 1. The summed E-state index contributed by atoms with van der Waals surface area (Å²) in [4.78, 5) is 12.8. The summed E-state index contributed by atoms with van der Waals surface area (Å²) in [5.41, 5.74) is 3.16. The largest absolute Gasteiger partial charge is 0.355 e. The minimum Gasteiger partial charge on any atom is -0.355 e. The van der Waals surface area contributed by atoms with E-state index >= 15 is 0 Å². The van der Waals surface area contributed by atoms with Gasteiger partial charge in [-0.2, -0.15) is 0 Å². The van der Waals surface area contributed by atoms with E-state index in [0.29, 0.717) is 28.1 Å². The Morgan fingerprint density at radius 3 is 2.50 bits per heavy atom. The molecule has 0 aliphatic heterocycles. The molecule has 4 rings (SSSR count). The fourth-order valence-corrected chi connectivity index (χ4v) is 4.33. The molecule has 32 heavy (non-hydrogen) atoms. The highest BCUT2D eigenvalue weighted by Crippen LogP contribution is 2.29. The molecule has 0 unspecified atom stereocenters. The quantitative estimate of drug-likeness (QED) is 0.391. The molecule has 162 valence electrons. The van der Waals surface area contributed by atoms with Crippen LogP contribution in [0, 0.1) is 0 Å². The first-order valence-corrected chi connectivity index (χ1v) is 11.5. The predicted octanol–water partition coefficient (Wildman–Crippen LogP) is 4.35. The lowest BCUT2D eigenvalue weighted by Gasteiger charge is -2.08. The van der Waals surface area contributed by atoms with E-state index < -0.39 is 10.0 Å². The highest BCUT2D eigenvalue weighted by atomic mass is 32.2. The van der Waals surface area contributed by atoms with Crippen molar-refractivity contribution in [2.24, 2.45) is 0 Å². The van der Waals surface area contributed by atoms with Crippen molar-refractivity contribution in [3.05, 3.63) is 96.6 Å². The smallest absolute Gasteiger partial charge is 0.255 e. The molecule has 0 saturated carbocycles. The molecule has 0 spiro atoms. The Balaban J connectivity index is 1.50. The van der Waals surface area contributed by atoms with Gasteiger partial charge in [0, 0.05) is 23.4 Å². The lowest BCUT2D eigenvalue weighted by atomic mass is 10.1. The van der Waals surface area contributed by atoms with Crippen molar-refractivity contribution in [2.45, 2.75) is 5.75 Å². The highest BCUT2D eigenvalue weighted by molar-refractivity contribution is 7.88. The van der Waals surface area contributed by atoms with E-state index in [4.69, 9.17) is 4.52 Å². The maximum absolute atomic E-state index is 12.8. The van der Waals surface area contributed by atoms with Crippen LogP contribution in [0.3, 0.4) is 0 Å². The lowest BCUT2D eigenvalue weighted by Crippen LogP contribution is -2.25. The number of fused-ring (bicyclic) bond motifs is 1. The number of hydrogen-bond acceptors (Lipinski definition) is 5. The average Bonchev–Trinajstić information content (AvgIpc) is 3.23. The lowest BCUT2D eigenvalue weighted by molar-refractivity contribution is 0.102. The Morgan fingerprint density at radius 2 is 1.78 bits per heavy atom. The van der Waals surface area contributed by atoms with Crippen molar-refractivity contribution >= 4 is 32.5 Å². The summed E-state index contributed by atoms with van der Waals surface area (Å²) >= 11 is 0. The average molecular weight is 448 g/mol. The Morgan fingerprint density at radius 1 is 1.03 bits per heavy atom. The van der Waals surface area contributed by atoms with E-state index in [1.165, 1.54) is 6.08 Å². The number of nitrogens with one attached hydrogen (secondary N) is 2. The minimum absolute atomic E-state index is 0.151. The Hall–Kier alpha value is -3.75. The second kappa shape index (κ2) is 9.17. The van der Waals surface area contributed by atoms with Gasteiger partial charge in [0.05, 0.1) is 11.1 Å². The summed E-state index contributed by atoms with van der Waals surface area (Å²) in [5, 5.41) is 7.65. The van der Waals surface area contributed by atoms with Gasteiger partial charge in [-0.3, -0.25) is 4.79 Å². The molecule has 0 radical (unpaired) electrons. The standard InChI is InChI=1S/C24H21N3O4S/c1-2-14-25-32(29,30)16-17-8-11-20(12-9-17)26-24(28)19-10-13-22-21(15-19)23(31-27-22)18-6-4-3-5-7-18/h2-13,15,25H,1,14,16H2,(H,26,28). The third-order valence-corrected chi connectivity index (χ3v) is 6.11. The van der Waals surface area contributed by atoms with Crippen LogP contribution in [-0.2, 0) is 15.8 Å². The molecule has 8 heteroatoms. The first-order valence-electron chi connectivity index (χ1n) is 9.88. The summed E-state index contributed by atoms with van der Waals surface area (Å²) < 4.78 is 31.9. The van der Waals surface area contributed by atoms with Gasteiger partial charge in [0.25, 0.3) is 5.91 Å². The van der Waals surface area contributed by atoms with Crippen LogP contribution < -0.4 is 10.0 Å². The molecule has 0 saturated heterocycles. The zero-order chi connectivity index (χ0) is 22.6. The van der Waals surface area contributed by atoms with Gasteiger partial charge >= 0.3 is 0 Å². The number of hydrogen-bond donors (Lipinski definition) is 2. The van der Waals surface area contributed by atoms with Gasteiger partial charge < -0.3 is 9.84 Å². The van der Waals surface area contributed by atoms with Crippen LogP contribution in [0.1, 0.15) is 15.9 Å². The van der Waals surface area contributed by atoms with E-state index in [-0.39, 0.29) is 18.2 Å². The van der Waals surface area contributed by atoms with Crippen molar-refractivity contribution in [1.82, 2.24) is 9.88 Å². The monoisotopic (exact) mass is 447 g/mol. The number of sulfonamides is 1. The van der Waals surface area contributed by atoms with E-state index in [1.54, 1.807) is 42.5 Å². The third kappa shape index (κ3) is 4.93. The summed E-state index contributed by atoms with van der Waals surface area (Å²) in [5.74, 6) is 0.160. The predicted molar refractivity (Wildman–Crippen MR) is 125 cm³/mol. The molecule has 0 fully saturated rings. The molecular formula is C24H21N3O4S. The van der Waals surface area contributed by atoms with Crippen molar-refractivity contribution in [2.75, 3.05) is 11.9 Å². The molecule has 0 atom stereocenters. The molecule has 3 aromatic carbocycles. The molecule has 1 heterocycles. The molecule has 2 N–H and O–H groups in total. The van der Waals surface area contributed by atoms with Gasteiger partial charge in [-0.1, -0.05) is 53.7 Å². The van der Waals surface area contributed by atoms with E-state index in [9.17, 15) is 13.2 Å². The minimum atomic E-state index is -3.44. The third-order valence-electron chi connectivity index (χ3n) is 4.79. The fraction of sp³-hybridized carbons (Fsp3) is 0.0833. The van der Waals surface area contributed by atoms with Crippen LogP contribution in [-0.4, -0.2) is 26.0 Å². The van der Waals surface area contributed by atoms with E-state index in [0.717, 1.165) is 10.9 Å². The maximum Gasteiger partial charge on any atom is 0.255 e. The number of carbonyl (C=O) groups is 1. The van der Waals surface area contributed by atoms with Crippen molar-refractivity contribution in [3.8, 4) is 11.3 Å². The number of nitrogens with zero attached hydrogens (tertiary/aromatic N) is 1. The highest BCUT2D eigenvalue weighted by Gasteiger charge is 2.15. The van der Waals surface area contributed by atoms with Crippen molar-refractivity contribution in [1.29, 1.82) is 0 Å². The molecule has 0 aliphatic rings. The van der Waals surface area contributed by atoms with E-state index in [2.05, 4.69) is 21.8 Å². The first-order chi connectivity index (χ1) is 15.4. The number of amides is 1. The molecule has 7 nitrogen and oxygen atoms in total. The normalized spacial score (nSPS) is 11.4.